The zero-order valence-corrected chi connectivity index (χ0v) is 13.8. The van der Waals surface area contributed by atoms with Crippen LogP contribution in [0.3, 0.4) is 0 Å². The monoisotopic (exact) mass is 290 g/mol. The van der Waals surface area contributed by atoms with E-state index in [0.29, 0.717) is 12.1 Å². The van der Waals surface area contributed by atoms with Crippen molar-refractivity contribution < 1.29 is 4.74 Å². The largest absolute Gasteiger partial charge is 0.494 e. The number of hydrogen-bond acceptors (Lipinski definition) is 3. The maximum atomic E-state index is 5.80. The van der Waals surface area contributed by atoms with Crippen LogP contribution in [0.4, 0.5) is 0 Å². The molecule has 1 aliphatic heterocycles. The molecule has 0 aromatic heterocycles. The number of nitrogens with one attached hydrogen (secondary N) is 1. The molecule has 0 aliphatic carbocycles. The molecule has 0 amide bonds. The number of ether oxygens (including phenoxy) is 1. The predicted octanol–water partition coefficient (Wildman–Crippen LogP) is 3.61. The molecule has 3 heteroatoms. The third kappa shape index (κ3) is 4.45. The number of piperidine rings is 1. The van der Waals surface area contributed by atoms with Gasteiger partial charge in [-0.1, -0.05) is 31.5 Å². The summed E-state index contributed by atoms with van der Waals surface area (Å²) in [7, 11) is 0. The van der Waals surface area contributed by atoms with Gasteiger partial charge in [0.2, 0.25) is 0 Å². The Morgan fingerprint density at radius 3 is 2.76 bits per heavy atom. The molecule has 2 rings (SSSR count). The predicted molar refractivity (Wildman–Crippen MR) is 88.9 cm³/mol. The van der Waals surface area contributed by atoms with Crippen molar-refractivity contribution in [3.05, 3.63) is 29.8 Å². The molecular formula is C18H30N2O. The number of hydrogen-bond donors (Lipinski definition) is 1. The number of benzene rings is 1. The SMILES string of the molecule is CCOc1ccccc1C(C)N(CC)CC1CCCCN1. The molecule has 1 aromatic rings. The first-order valence-electron chi connectivity index (χ1n) is 8.45. The standard InChI is InChI=1S/C18H30N2O/c1-4-20(14-16-10-8-9-13-19-16)15(3)17-11-6-7-12-18(17)21-5-2/h6-7,11-12,15-16,19H,4-5,8-10,13-14H2,1-3H3. The first kappa shape index (κ1) is 16.3. The van der Waals surface area contributed by atoms with Crippen molar-refractivity contribution in [2.24, 2.45) is 0 Å². The van der Waals surface area contributed by atoms with Crippen molar-refractivity contribution in [2.75, 3.05) is 26.2 Å². The Hall–Kier alpha value is -1.06. The van der Waals surface area contributed by atoms with Crippen LogP contribution in [0.1, 0.15) is 51.6 Å². The van der Waals surface area contributed by atoms with E-state index in [4.69, 9.17) is 4.74 Å². The van der Waals surface area contributed by atoms with Crippen LogP contribution in [-0.2, 0) is 0 Å². The first-order valence-corrected chi connectivity index (χ1v) is 8.45. The van der Waals surface area contributed by atoms with Crippen LogP contribution in [0.25, 0.3) is 0 Å². The normalized spacial score (nSPS) is 20.5. The lowest BCUT2D eigenvalue weighted by atomic mass is 10.0. The van der Waals surface area contributed by atoms with Crippen LogP contribution in [0.5, 0.6) is 5.75 Å². The highest BCUT2D eigenvalue weighted by atomic mass is 16.5. The highest BCUT2D eigenvalue weighted by Gasteiger charge is 2.22. The molecule has 2 atom stereocenters. The highest BCUT2D eigenvalue weighted by molar-refractivity contribution is 5.35. The fourth-order valence-electron chi connectivity index (χ4n) is 3.23. The van der Waals surface area contributed by atoms with Crippen molar-refractivity contribution in [3.63, 3.8) is 0 Å². The summed E-state index contributed by atoms with van der Waals surface area (Å²) in [6.45, 7) is 10.7. The molecule has 1 aliphatic rings. The summed E-state index contributed by atoms with van der Waals surface area (Å²) in [5, 5.41) is 3.66. The Balaban J connectivity index is 2.06. The summed E-state index contributed by atoms with van der Waals surface area (Å²) < 4.78 is 5.80. The Kier molecular flexibility index (Phi) is 6.52. The molecule has 1 aromatic carbocycles. The fraction of sp³-hybridized carbons (Fsp3) is 0.667. The van der Waals surface area contributed by atoms with E-state index in [1.807, 2.05) is 6.92 Å². The third-order valence-electron chi connectivity index (χ3n) is 4.49. The van der Waals surface area contributed by atoms with Crippen molar-refractivity contribution in [2.45, 2.75) is 52.1 Å². The molecule has 1 fully saturated rings. The van der Waals surface area contributed by atoms with Gasteiger partial charge in [0.1, 0.15) is 5.75 Å². The molecule has 1 N–H and O–H groups in total. The summed E-state index contributed by atoms with van der Waals surface area (Å²) in [5.41, 5.74) is 1.30. The smallest absolute Gasteiger partial charge is 0.124 e. The average molecular weight is 290 g/mol. The summed E-state index contributed by atoms with van der Waals surface area (Å²) >= 11 is 0. The zero-order valence-electron chi connectivity index (χ0n) is 13.8. The van der Waals surface area contributed by atoms with E-state index in [-0.39, 0.29) is 0 Å². The van der Waals surface area contributed by atoms with Gasteiger partial charge in [-0.2, -0.15) is 0 Å². The second-order valence-corrected chi connectivity index (χ2v) is 5.88. The van der Waals surface area contributed by atoms with E-state index in [0.717, 1.165) is 25.4 Å². The second-order valence-electron chi connectivity index (χ2n) is 5.88. The van der Waals surface area contributed by atoms with Gasteiger partial charge in [0, 0.05) is 24.2 Å². The van der Waals surface area contributed by atoms with Gasteiger partial charge in [-0.25, -0.2) is 0 Å². The molecule has 2 unspecified atom stereocenters. The van der Waals surface area contributed by atoms with Crippen LogP contribution < -0.4 is 10.1 Å². The van der Waals surface area contributed by atoms with Gasteiger partial charge in [0.15, 0.2) is 0 Å². The minimum Gasteiger partial charge on any atom is -0.494 e. The molecule has 3 nitrogen and oxygen atoms in total. The molecule has 118 valence electrons. The van der Waals surface area contributed by atoms with Gasteiger partial charge in [0.05, 0.1) is 6.61 Å². The Bertz CT molecular complexity index is 415. The number of rotatable bonds is 7. The molecule has 1 saturated heterocycles. The van der Waals surface area contributed by atoms with Crippen molar-refractivity contribution in [3.8, 4) is 5.75 Å². The van der Waals surface area contributed by atoms with Gasteiger partial charge in [0.25, 0.3) is 0 Å². The van der Waals surface area contributed by atoms with E-state index in [9.17, 15) is 0 Å². The Morgan fingerprint density at radius 2 is 2.10 bits per heavy atom. The van der Waals surface area contributed by atoms with E-state index in [1.54, 1.807) is 0 Å². The molecular weight excluding hydrogens is 260 g/mol. The summed E-state index contributed by atoms with van der Waals surface area (Å²) in [4.78, 5) is 2.56. The van der Waals surface area contributed by atoms with Crippen LogP contribution in [-0.4, -0.2) is 37.2 Å². The fourth-order valence-corrected chi connectivity index (χ4v) is 3.23. The third-order valence-corrected chi connectivity index (χ3v) is 4.49. The van der Waals surface area contributed by atoms with Crippen LogP contribution in [0, 0.1) is 0 Å². The number of likely N-dealkylation sites (N-methyl/N-ethyl adjacent to an activating group) is 1. The molecule has 1 heterocycles. The molecule has 21 heavy (non-hydrogen) atoms. The van der Waals surface area contributed by atoms with Gasteiger partial charge in [-0.15, -0.1) is 0 Å². The number of nitrogens with zero attached hydrogens (tertiary/aromatic N) is 1. The maximum absolute atomic E-state index is 5.80. The van der Waals surface area contributed by atoms with Crippen LogP contribution >= 0.6 is 0 Å². The number of para-hydroxylation sites is 1. The molecule has 0 radical (unpaired) electrons. The summed E-state index contributed by atoms with van der Waals surface area (Å²) in [6.07, 6.45) is 3.99. The average Bonchev–Trinajstić information content (AvgIpc) is 2.54. The van der Waals surface area contributed by atoms with Crippen LogP contribution in [0.15, 0.2) is 24.3 Å². The topological polar surface area (TPSA) is 24.5 Å². The lowest BCUT2D eigenvalue weighted by Crippen LogP contribution is -2.44. The lowest BCUT2D eigenvalue weighted by molar-refractivity contribution is 0.181. The van der Waals surface area contributed by atoms with Gasteiger partial charge < -0.3 is 10.1 Å². The van der Waals surface area contributed by atoms with E-state index in [1.165, 1.54) is 31.4 Å². The molecule has 0 spiro atoms. The highest BCUT2D eigenvalue weighted by Crippen LogP contribution is 2.29. The van der Waals surface area contributed by atoms with Gasteiger partial charge in [-0.05, 0) is 45.8 Å². The minimum atomic E-state index is 0.390. The first-order chi connectivity index (χ1) is 10.3. The quantitative estimate of drug-likeness (QED) is 0.830. The van der Waals surface area contributed by atoms with E-state index < -0.39 is 0 Å². The van der Waals surface area contributed by atoms with Gasteiger partial charge >= 0.3 is 0 Å². The maximum Gasteiger partial charge on any atom is 0.124 e. The zero-order chi connectivity index (χ0) is 15.1. The molecule has 0 bridgehead atoms. The Morgan fingerprint density at radius 1 is 1.29 bits per heavy atom. The molecule has 0 saturated carbocycles. The van der Waals surface area contributed by atoms with E-state index >= 15 is 0 Å². The van der Waals surface area contributed by atoms with Crippen molar-refractivity contribution in [1.82, 2.24) is 10.2 Å². The van der Waals surface area contributed by atoms with Crippen molar-refractivity contribution in [1.29, 1.82) is 0 Å². The van der Waals surface area contributed by atoms with Gasteiger partial charge in [-0.3, -0.25) is 4.90 Å². The Labute approximate surface area is 129 Å². The second kappa shape index (κ2) is 8.40. The minimum absolute atomic E-state index is 0.390. The van der Waals surface area contributed by atoms with Crippen LogP contribution in [0.2, 0.25) is 0 Å². The van der Waals surface area contributed by atoms with E-state index in [2.05, 4.69) is 48.3 Å². The summed E-state index contributed by atoms with van der Waals surface area (Å²) in [5.74, 6) is 1.03. The lowest BCUT2D eigenvalue weighted by Gasteiger charge is -2.34. The summed E-state index contributed by atoms with van der Waals surface area (Å²) in [6, 6.07) is 9.48. The van der Waals surface area contributed by atoms with Crippen molar-refractivity contribution >= 4 is 0 Å².